The van der Waals surface area contributed by atoms with E-state index in [9.17, 15) is 4.79 Å². The third-order valence-electron chi connectivity index (χ3n) is 6.07. The maximum Gasteiger partial charge on any atom is 0.253 e. The molecule has 2 fully saturated rings. The number of amides is 1. The lowest BCUT2D eigenvalue weighted by molar-refractivity contribution is 0.0696. The monoisotopic (exact) mass is 328 g/mol. The van der Waals surface area contributed by atoms with Gasteiger partial charge in [-0.25, -0.2) is 0 Å². The Morgan fingerprint density at radius 1 is 0.875 bits per heavy atom. The van der Waals surface area contributed by atoms with Gasteiger partial charge in [-0.1, -0.05) is 44.6 Å². The smallest absolute Gasteiger partial charge is 0.253 e. The maximum absolute atomic E-state index is 12.9. The van der Waals surface area contributed by atoms with Crippen molar-refractivity contribution in [3.63, 3.8) is 0 Å². The van der Waals surface area contributed by atoms with Crippen LogP contribution < -0.4 is 4.90 Å². The lowest BCUT2D eigenvalue weighted by Crippen LogP contribution is -2.38. The molecule has 3 rings (SSSR count). The van der Waals surface area contributed by atoms with Gasteiger partial charge in [-0.05, 0) is 43.9 Å². The van der Waals surface area contributed by atoms with Crippen LogP contribution in [0.3, 0.4) is 0 Å². The van der Waals surface area contributed by atoms with Crippen LogP contribution >= 0.6 is 0 Å². The van der Waals surface area contributed by atoms with E-state index in [4.69, 9.17) is 0 Å². The highest BCUT2D eigenvalue weighted by molar-refractivity contribution is 5.95. The van der Waals surface area contributed by atoms with Crippen LogP contribution in [0, 0.1) is 0 Å². The van der Waals surface area contributed by atoms with Gasteiger partial charge in [-0.15, -0.1) is 0 Å². The number of carbonyl (C=O) groups is 1. The van der Waals surface area contributed by atoms with Gasteiger partial charge in [0.1, 0.15) is 0 Å². The molecule has 1 aromatic rings. The molecule has 0 bridgehead atoms. The van der Waals surface area contributed by atoms with Crippen molar-refractivity contribution in [1.29, 1.82) is 0 Å². The first-order valence-corrected chi connectivity index (χ1v) is 9.77. The molecule has 2 saturated carbocycles. The lowest BCUT2D eigenvalue weighted by Gasteiger charge is -2.34. The summed E-state index contributed by atoms with van der Waals surface area (Å²) in [5.41, 5.74) is 2.02. The Bertz CT molecular complexity index is 545. The highest BCUT2D eigenvalue weighted by Gasteiger charge is 2.24. The van der Waals surface area contributed by atoms with Crippen LogP contribution in [0.25, 0.3) is 0 Å². The standard InChI is InChI=1S/C21H32N2O/c1-22(18-11-5-3-6-12-18)20-15-9-10-17(16-20)21(24)23(2)19-13-7-4-8-14-19/h9-10,15-16,18-19H,3-8,11-14H2,1-2H3. The van der Waals surface area contributed by atoms with E-state index in [-0.39, 0.29) is 5.91 Å². The Kier molecular flexibility index (Phi) is 5.80. The number of carbonyl (C=O) groups excluding carboxylic acids is 1. The second-order valence-electron chi connectivity index (χ2n) is 7.66. The Labute approximate surface area is 147 Å². The molecule has 3 heteroatoms. The minimum absolute atomic E-state index is 0.181. The summed E-state index contributed by atoms with van der Waals surface area (Å²) in [5.74, 6) is 0.181. The summed E-state index contributed by atoms with van der Waals surface area (Å²) in [6.45, 7) is 0. The molecule has 0 aliphatic heterocycles. The predicted octanol–water partition coefficient (Wildman–Crippen LogP) is 4.86. The zero-order valence-electron chi connectivity index (χ0n) is 15.3. The van der Waals surface area contributed by atoms with E-state index in [2.05, 4.69) is 24.1 Å². The zero-order chi connectivity index (χ0) is 16.9. The van der Waals surface area contributed by atoms with E-state index in [1.807, 2.05) is 24.1 Å². The minimum Gasteiger partial charge on any atom is -0.372 e. The summed E-state index contributed by atoms with van der Waals surface area (Å²) in [6, 6.07) is 9.30. The largest absolute Gasteiger partial charge is 0.372 e. The molecule has 24 heavy (non-hydrogen) atoms. The van der Waals surface area contributed by atoms with Crippen LogP contribution in [0.15, 0.2) is 24.3 Å². The number of benzene rings is 1. The van der Waals surface area contributed by atoms with Crippen molar-refractivity contribution < 1.29 is 4.79 Å². The predicted molar refractivity (Wildman–Crippen MR) is 101 cm³/mol. The van der Waals surface area contributed by atoms with Crippen LogP contribution in [0.2, 0.25) is 0 Å². The van der Waals surface area contributed by atoms with Gasteiger partial charge in [-0.3, -0.25) is 4.79 Å². The fourth-order valence-electron chi connectivity index (χ4n) is 4.38. The Morgan fingerprint density at radius 3 is 2.08 bits per heavy atom. The molecule has 0 atom stereocenters. The first kappa shape index (κ1) is 17.3. The lowest BCUT2D eigenvalue weighted by atomic mass is 9.93. The van der Waals surface area contributed by atoms with Crippen LogP contribution in [-0.2, 0) is 0 Å². The van der Waals surface area contributed by atoms with Crippen molar-refractivity contribution in [2.24, 2.45) is 0 Å². The van der Waals surface area contributed by atoms with Gasteiger partial charge in [-0.2, -0.15) is 0 Å². The van der Waals surface area contributed by atoms with Gasteiger partial charge >= 0.3 is 0 Å². The number of nitrogens with zero attached hydrogens (tertiary/aromatic N) is 2. The minimum atomic E-state index is 0.181. The van der Waals surface area contributed by atoms with Gasteiger partial charge in [0.15, 0.2) is 0 Å². The molecule has 132 valence electrons. The van der Waals surface area contributed by atoms with E-state index in [0.29, 0.717) is 12.1 Å². The van der Waals surface area contributed by atoms with E-state index in [1.165, 1.54) is 57.1 Å². The zero-order valence-corrected chi connectivity index (χ0v) is 15.3. The first-order chi connectivity index (χ1) is 11.7. The molecule has 2 aliphatic rings. The SMILES string of the molecule is CN(C(=O)c1cccc(N(C)C2CCCCC2)c1)C1CCCCC1. The molecule has 3 nitrogen and oxygen atoms in total. The summed E-state index contributed by atoms with van der Waals surface area (Å²) >= 11 is 0. The van der Waals surface area contributed by atoms with Crippen LogP contribution in [0.5, 0.6) is 0 Å². The second-order valence-corrected chi connectivity index (χ2v) is 7.66. The van der Waals surface area contributed by atoms with Crippen molar-refractivity contribution >= 4 is 11.6 Å². The molecule has 0 N–H and O–H groups in total. The van der Waals surface area contributed by atoms with Crippen LogP contribution in [-0.4, -0.2) is 37.0 Å². The molecule has 0 aromatic heterocycles. The van der Waals surface area contributed by atoms with Gasteiger partial charge in [0.2, 0.25) is 0 Å². The number of hydrogen-bond acceptors (Lipinski definition) is 2. The fraction of sp³-hybridized carbons (Fsp3) is 0.667. The van der Waals surface area contributed by atoms with E-state index in [1.54, 1.807) is 0 Å². The van der Waals surface area contributed by atoms with Crippen LogP contribution in [0.1, 0.15) is 74.6 Å². The Morgan fingerprint density at radius 2 is 1.46 bits per heavy atom. The molecule has 0 heterocycles. The first-order valence-electron chi connectivity index (χ1n) is 9.77. The highest BCUT2D eigenvalue weighted by Crippen LogP contribution is 2.28. The quantitative estimate of drug-likeness (QED) is 0.788. The number of anilines is 1. The molecule has 0 spiro atoms. The summed E-state index contributed by atoms with van der Waals surface area (Å²) < 4.78 is 0. The average Bonchev–Trinajstić information content (AvgIpc) is 2.67. The Balaban J connectivity index is 1.70. The third-order valence-corrected chi connectivity index (χ3v) is 6.07. The van der Waals surface area contributed by atoms with Crippen molar-refractivity contribution in [3.8, 4) is 0 Å². The van der Waals surface area contributed by atoms with E-state index in [0.717, 1.165) is 18.4 Å². The topological polar surface area (TPSA) is 23.6 Å². The molecular formula is C21H32N2O. The summed E-state index contributed by atoms with van der Waals surface area (Å²) in [4.78, 5) is 17.3. The third kappa shape index (κ3) is 3.93. The maximum atomic E-state index is 12.9. The van der Waals surface area contributed by atoms with Crippen molar-refractivity contribution in [2.75, 3.05) is 19.0 Å². The molecular weight excluding hydrogens is 296 g/mol. The molecule has 0 saturated heterocycles. The number of hydrogen-bond donors (Lipinski definition) is 0. The highest BCUT2D eigenvalue weighted by atomic mass is 16.2. The molecule has 0 unspecified atom stereocenters. The fourth-order valence-corrected chi connectivity index (χ4v) is 4.38. The molecule has 2 aliphatic carbocycles. The van der Waals surface area contributed by atoms with Gasteiger partial charge in [0.05, 0.1) is 0 Å². The van der Waals surface area contributed by atoms with Crippen molar-refractivity contribution in [1.82, 2.24) is 4.90 Å². The Hall–Kier alpha value is -1.51. The summed E-state index contributed by atoms with van der Waals surface area (Å²) in [5, 5.41) is 0. The molecule has 0 radical (unpaired) electrons. The normalized spacial score (nSPS) is 19.9. The molecule has 1 aromatic carbocycles. The van der Waals surface area contributed by atoms with Gasteiger partial charge in [0.25, 0.3) is 5.91 Å². The summed E-state index contributed by atoms with van der Waals surface area (Å²) in [6.07, 6.45) is 12.7. The van der Waals surface area contributed by atoms with Gasteiger partial charge in [0, 0.05) is 37.4 Å². The van der Waals surface area contributed by atoms with E-state index >= 15 is 0 Å². The van der Waals surface area contributed by atoms with Crippen molar-refractivity contribution in [3.05, 3.63) is 29.8 Å². The second kappa shape index (κ2) is 8.04. The van der Waals surface area contributed by atoms with E-state index < -0.39 is 0 Å². The number of rotatable bonds is 4. The summed E-state index contributed by atoms with van der Waals surface area (Å²) in [7, 11) is 4.17. The average molecular weight is 329 g/mol. The van der Waals surface area contributed by atoms with Gasteiger partial charge < -0.3 is 9.80 Å². The van der Waals surface area contributed by atoms with Crippen molar-refractivity contribution in [2.45, 2.75) is 76.3 Å². The molecule has 1 amide bonds. The van der Waals surface area contributed by atoms with Crippen LogP contribution in [0.4, 0.5) is 5.69 Å².